The normalized spacial score (nSPS) is 10.2. The van der Waals surface area contributed by atoms with Crippen LogP contribution < -0.4 is 15.5 Å². The average Bonchev–Trinajstić information content (AvgIpc) is 2.67. The van der Waals surface area contributed by atoms with Gasteiger partial charge in [-0.3, -0.25) is 9.78 Å². The number of hydrogen-bond acceptors (Lipinski definition) is 6. The molecule has 3 rings (SSSR count). The minimum atomic E-state index is -0.274. The molecule has 0 fully saturated rings. The van der Waals surface area contributed by atoms with Crippen molar-refractivity contribution >= 4 is 23.2 Å². The van der Waals surface area contributed by atoms with Crippen molar-refractivity contribution in [2.75, 3.05) is 24.3 Å². The Balaban J connectivity index is 1.64. The van der Waals surface area contributed by atoms with Crippen molar-refractivity contribution in [2.45, 2.75) is 6.54 Å². The second-order valence-electron chi connectivity index (χ2n) is 5.84. The summed E-state index contributed by atoms with van der Waals surface area (Å²) in [4.78, 5) is 26.9. The standard InChI is InChI=1S/C19H20N6O/c1-25(2)16-8-6-14(7-9-16)23-19-21-12-10-17(24-19)18(26)22-13-15-5-3-4-11-20-15/h3-12H,13H2,1-2H3,(H,22,26)(H,21,23,24). The lowest BCUT2D eigenvalue weighted by Crippen LogP contribution is -2.24. The summed E-state index contributed by atoms with van der Waals surface area (Å²) >= 11 is 0. The highest BCUT2D eigenvalue weighted by atomic mass is 16.1. The largest absolute Gasteiger partial charge is 0.378 e. The van der Waals surface area contributed by atoms with Crippen molar-refractivity contribution in [2.24, 2.45) is 0 Å². The summed E-state index contributed by atoms with van der Waals surface area (Å²) in [5.74, 6) is 0.0946. The summed E-state index contributed by atoms with van der Waals surface area (Å²) in [5, 5.41) is 5.91. The Labute approximate surface area is 152 Å². The van der Waals surface area contributed by atoms with E-state index in [2.05, 4.69) is 25.6 Å². The van der Waals surface area contributed by atoms with Crippen LogP contribution in [-0.2, 0) is 6.54 Å². The first kappa shape index (κ1) is 17.3. The van der Waals surface area contributed by atoms with E-state index in [-0.39, 0.29) is 5.91 Å². The topological polar surface area (TPSA) is 83.0 Å². The van der Waals surface area contributed by atoms with Gasteiger partial charge in [0.15, 0.2) is 0 Å². The highest BCUT2D eigenvalue weighted by Gasteiger charge is 2.09. The van der Waals surface area contributed by atoms with E-state index in [0.29, 0.717) is 18.2 Å². The molecule has 0 aliphatic heterocycles. The van der Waals surface area contributed by atoms with Gasteiger partial charge in [-0.1, -0.05) is 6.07 Å². The molecule has 0 unspecified atom stereocenters. The quantitative estimate of drug-likeness (QED) is 0.712. The van der Waals surface area contributed by atoms with Crippen LogP contribution in [0.25, 0.3) is 0 Å². The van der Waals surface area contributed by atoms with E-state index < -0.39 is 0 Å². The lowest BCUT2D eigenvalue weighted by molar-refractivity contribution is 0.0945. The van der Waals surface area contributed by atoms with Crippen LogP contribution in [0.4, 0.5) is 17.3 Å². The van der Waals surface area contributed by atoms with E-state index in [1.165, 1.54) is 0 Å². The number of rotatable bonds is 6. The van der Waals surface area contributed by atoms with Crippen LogP contribution >= 0.6 is 0 Å². The molecule has 7 nitrogen and oxygen atoms in total. The van der Waals surface area contributed by atoms with Gasteiger partial charge in [-0.05, 0) is 42.5 Å². The number of pyridine rings is 1. The molecule has 0 spiro atoms. The molecule has 2 heterocycles. The summed E-state index contributed by atoms with van der Waals surface area (Å²) in [6, 6.07) is 15.0. The third-order valence-electron chi connectivity index (χ3n) is 3.68. The highest BCUT2D eigenvalue weighted by Crippen LogP contribution is 2.18. The number of carbonyl (C=O) groups excluding carboxylic acids is 1. The summed E-state index contributed by atoms with van der Waals surface area (Å²) in [6.45, 7) is 0.346. The van der Waals surface area contributed by atoms with E-state index in [4.69, 9.17) is 0 Å². The Morgan fingerprint density at radius 3 is 2.50 bits per heavy atom. The molecule has 1 amide bonds. The fourth-order valence-electron chi connectivity index (χ4n) is 2.28. The summed E-state index contributed by atoms with van der Waals surface area (Å²) < 4.78 is 0. The molecule has 132 valence electrons. The van der Waals surface area contributed by atoms with Crippen LogP contribution in [0.1, 0.15) is 16.2 Å². The molecule has 0 aliphatic rings. The van der Waals surface area contributed by atoms with E-state index in [1.54, 1.807) is 18.5 Å². The lowest BCUT2D eigenvalue weighted by Gasteiger charge is -2.13. The minimum Gasteiger partial charge on any atom is -0.378 e. The first-order valence-electron chi connectivity index (χ1n) is 8.17. The molecule has 1 aromatic carbocycles. The minimum absolute atomic E-state index is 0.274. The first-order chi connectivity index (χ1) is 12.6. The Bertz CT molecular complexity index is 865. The fraction of sp³-hybridized carbons (Fsp3) is 0.158. The third kappa shape index (κ3) is 4.54. The summed E-state index contributed by atoms with van der Waals surface area (Å²) in [7, 11) is 3.97. The van der Waals surface area contributed by atoms with Crippen molar-refractivity contribution < 1.29 is 4.79 Å². The molecule has 0 saturated carbocycles. The van der Waals surface area contributed by atoms with Crippen LogP contribution in [0.2, 0.25) is 0 Å². The first-order valence-corrected chi connectivity index (χ1v) is 8.17. The van der Waals surface area contributed by atoms with Crippen LogP contribution in [0, 0.1) is 0 Å². The molecule has 0 aliphatic carbocycles. The molecule has 3 aromatic rings. The highest BCUT2D eigenvalue weighted by molar-refractivity contribution is 5.92. The van der Waals surface area contributed by atoms with Gasteiger partial charge in [0.1, 0.15) is 5.69 Å². The average molecular weight is 348 g/mol. The molecular formula is C19H20N6O. The number of carbonyl (C=O) groups is 1. The molecular weight excluding hydrogens is 328 g/mol. The van der Waals surface area contributed by atoms with Gasteiger partial charge in [0.05, 0.1) is 12.2 Å². The van der Waals surface area contributed by atoms with Gasteiger partial charge >= 0.3 is 0 Å². The maximum Gasteiger partial charge on any atom is 0.270 e. The molecule has 7 heteroatoms. The van der Waals surface area contributed by atoms with Gasteiger partial charge in [-0.15, -0.1) is 0 Å². The van der Waals surface area contributed by atoms with E-state index in [9.17, 15) is 4.79 Å². The van der Waals surface area contributed by atoms with Crippen molar-refractivity contribution in [3.8, 4) is 0 Å². The van der Waals surface area contributed by atoms with Gasteiger partial charge in [-0.25, -0.2) is 9.97 Å². The molecule has 2 aromatic heterocycles. The summed E-state index contributed by atoms with van der Waals surface area (Å²) in [6.07, 6.45) is 3.25. The molecule has 0 radical (unpaired) electrons. The lowest BCUT2D eigenvalue weighted by atomic mass is 10.2. The zero-order chi connectivity index (χ0) is 18.4. The molecule has 26 heavy (non-hydrogen) atoms. The Morgan fingerprint density at radius 2 is 1.81 bits per heavy atom. The smallest absolute Gasteiger partial charge is 0.270 e. The Morgan fingerprint density at radius 1 is 1.00 bits per heavy atom. The predicted molar refractivity (Wildman–Crippen MR) is 101 cm³/mol. The summed E-state index contributed by atoms with van der Waals surface area (Å²) in [5.41, 5.74) is 3.03. The van der Waals surface area contributed by atoms with Crippen LogP contribution in [0.3, 0.4) is 0 Å². The van der Waals surface area contributed by atoms with Crippen molar-refractivity contribution in [1.82, 2.24) is 20.3 Å². The zero-order valence-corrected chi connectivity index (χ0v) is 14.7. The number of anilines is 3. The maximum absolute atomic E-state index is 12.3. The van der Waals surface area contributed by atoms with Crippen molar-refractivity contribution in [1.29, 1.82) is 0 Å². The third-order valence-corrected chi connectivity index (χ3v) is 3.68. The number of aromatic nitrogens is 3. The van der Waals surface area contributed by atoms with E-state index in [1.807, 2.05) is 61.5 Å². The van der Waals surface area contributed by atoms with Crippen LogP contribution in [-0.4, -0.2) is 35.0 Å². The monoisotopic (exact) mass is 348 g/mol. The zero-order valence-electron chi connectivity index (χ0n) is 14.7. The number of nitrogens with one attached hydrogen (secondary N) is 2. The molecule has 0 bridgehead atoms. The van der Waals surface area contributed by atoms with Gasteiger partial charge < -0.3 is 15.5 Å². The number of benzene rings is 1. The van der Waals surface area contributed by atoms with Crippen LogP contribution in [0.5, 0.6) is 0 Å². The van der Waals surface area contributed by atoms with Crippen LogP contribution in [0.15, 0.2) is 60.9 Å². The molecule has 2 N–H and O–H groups in total. The Kier molecular flexibility index (Phi) is 5.38. The fourth-order valence-corrected chi connectivity index (χ4v) is 2.28. The number of amides is 1. The van der Waals surface area contributed by atoms with E-state index in [0.717, 1.165) is 17.1 Å². The maximum atomic E-state index is 12.3. The second-order valence-corrected chi connectivity index (χ2v) is 5.84. The van der Waals surface area contributed by atoms with Gasteiger partial charge in [0.25, 0.3) is 5.91 Å². The molecule has 0 saturated heterocycles. The van der Waals surface area contributed by atoms with Crippen molar-refractivity contribution in [3.63, 3.8) is 0 Å². The van der Waals surface area contributed by atoms with Gasteiger partial charge in [0, 0.05) is 37.9 Å². The van der Waals surface area contributed by atoms with Gasteiger partial charge in [0.2, 0.25) is 5.95 Å². The Hall–Kier alpha value is -3.48. The SMILES string of the molecule is CN(C)c1ccc(Nc2nccc(C(=O)NCc3ccccn3)n2)cc1. The second kappa shape index (κ2) is 8.06. The number of hydrogen-bond donors (Lipinski definition) is 2. The van der Waals surface area contributed by atoms with Crippen molar-refractivity contribution in [3.05, 3.63) is 72.3 Å². The van der Waals surface area contributed by atoms with Gasteiger partial charge in [-0.2, -0.15) is 0 Å². The predicted octanol–water partition coefficient (Wildman–Crippen LogP) is 2.61. The molecule has 0 atom stereocenters. The van der Waals surface area contributed by atoms with E-state index >= 15 is 0 Å². The number of nitrogens with zero attached hydrogens (tertiary/aromatic N) is 4.